The van der Waals surface area contributed by atoms with Crippen LogP contribution in [0.3, 0.4) is 0 Å². The van der Waals surface area contributed by atoms with Gasteiger partial charge in [-0.3, -0.25) is 9.79 Å². The van der Waals surface area contributed by atoms with Crippen LogP contribution in [0.2, 0.25) is 0 Å². The zero-order valence-electron chi connectivity index (χ0n) is 18.5. The number of aliphatic imine (C=N–C) groups is 1. The average molecular weight is 409 g/mol. The van der Waals surface area contributed by atoms with Gasteiger partial charge in [0, 0.05) is 7.05 Å². The number of carboxylic acid groups (broad SMARTS) is 1. The number of nitrogens with two attached hydrogens (primary N) is 1. The second-order valence-corrected chi connectivity index (χ2v) is 9.48. The number of hydrogen-bond donors (Lipinski definition) is 2. The van der Waals surface area contributed by atoms with E-state index in [0.717, 1.165) is 23.3 Å². The summed E-state index contributed by atoms with van der Waals surface area (Å²) in [6.45, 7) is 9.73. The summed E-state index contributed by atoms with van der Waals surface area (Å²) in [5.74, 6) is -0.298. The number of hydrogen-bond acceptors (Lipinski definition) is 3. The molecular formula is C25H32N2O3. The quantitative estimate of drug-likeness (QED) is 0.510. The molecule has 0 radical (unpaired) electrons. The summed E-state index contributed by atoms with van der Waals surface area (Å²) in [6.07, 6.45) is 1.05. The molecule has 0 saturated heterocycles. The summed E-state index contributed by atoms with van der Waals surface area (Å²) in [6, 6.07) is 14.1. The van der Waals surface area contributed by atoms with Crippen LogP contribution in [0.1, 0.15) is 68.7 Å². The van der Waals surface area contributed by atoms with Gasteiger partial charge in [0.1, 0.15) is 18.2 Å². The van der Waals surface area contributed by atoms with E-state index in [1.165, 1.54) is 11.1 Å². The Labute approximate surface area is 179 Å². The summed E-state index contributed by atoms with van der Waals surface area (Å²) < 4.78 is 6.00. The Morgan fingerprint density at radius 2 is 1.73 bits per heavy atom. The Morgan fingerprint density at radius 1 is 1.10 bits per heavy atom. The molecule has 1 atom stereocenters. The third-order valence-electron chi connectivity index (χ3n) is 6.11. The molecule has 1 aliphatic rings. The van der Waals surface area contributed by atoms with Gasteiger partial charge >= 0.3 is 5.97 Å². The maximum absolute atomic E-state index is 11.2. The minimum Gasteiger partial charge on any atom is -0.489 e. The maximum Gasteiger partial charge on any atom is 0.304 e. The molecule has 5 nitrogen and oxygen atoms in total. The predicted molar refractivity (Wildman–Crippen MR) is 120 cm³/mol. The van der Waals surface area contributed by atoms with Crippen molar-refractivity contribution in [3.63, 3.8) is 0 Å². The van der Waals surface area contributed by atoms with Crippen molar-refractivity contribution in [1.29, 1.82) is 0 Å². The fourth-order valence-electron chi connectivity index (χ4n) is 4.81. The van der Waals surface area contributed by atoms with E-state index in [1.807, 2.05) is 24.3 Å². The minimum absolute atomic E-state index is 0.0926. The number of fused-ring (bicyclic) bond motifs is 1. The zero-order chi connectivity index (χ0) is 22.1. The maximum atomic E-state index is 11.2. The SMILES string of the molecule is CN=C(N)C(CC(=O)O)c1ccc(OCc2ccc3c(c2)C(C)(C)CC3(C)C)cc1. The highest BCUT2D eigenvalue weighted by Gasteiger charge is 2.41. The zero-order valence-corrected chi connectivity index (χ0v) is 18.5. The first-order valence-corrected chi connectivity index (χ1v) is 10.3. The highest BCUT2D eigenvalue weighted by Crippen LogP contribution is 2.49. The number of ether oxygens (including phenoxy) is 1. The van der Waals surface area contributed by atoms with Crippen LogP contribution in [0.5, 0.6) is 5.75 Å². The molecule has 0 aliphatic heterocycles. The summed E-state index contributed by atoms with van der Waals surface area (Å²) in [5, 5.41) is 9.16. The van der Waals surface area contributed by atoms with Crippen LogP contribution in [0.15, 0.2) is 47.5 Å². The van der Waals surface area contributed by atoms with Gasteiger partial charge in [-0.25, -0.2) is 0 Å². The average Bonchev–Trinajstić information content (AvgIpc) is 2.88. The van der Waals surface area contributed by atoms with Crippen LogP contribution in [-0.2, 0) is 22.2 Å². The van der Waals surface area contributed by atoms with Crippen LogP contribution >= 0.6 is 0 Å². The van der Waals surface area contributed by atoms with E-state index in [4.69, 9.17) is 15.6 Å². The Balaban J connectivity index is 1.72. The van der Waals surface area contributed by atoms with E-state index in [-0.39, 0.29) is 17.3 Å². The molecule has 5 heteroatoms. The third kappa shape index (κ3) is 4.50. The Hall–Kier alpha value is -2.82. The summed E-state index contributed by atoms with van der Waals surface area (Å²) in [7, 11) is 1.57. The summed E-state index contributed by atoms with van der Waals surface area (Å²) in [4.78, 5) is 15.1. The number of nitrogens with zero attached hydrogens (tertiary/aromatic N) is 1. The van der Waals surface area contributed by atoms with Gasteiger partial charge in [-0.1, -0.05) is 58.0 Å². The molecule has 0 bridgehead atoms. The van der Waals surface area contributed by atoms with Crippen molar-refractivity contribution in [2.75, 3.05) is 7.05 Å². The molecule has 0 spiro atoms. The molecule has 1 aliphatic carbocycles. The van der Waals surface area contributed by atoms with E-state index in [1.54, 1.807) is 7.05 Å². The van der Waals surface area contributed by atoms with Crippen LogP contribution in [0.25, 0.3) is 0 Å². The van der Waals surface area contributed by atoms with E-state index in [2.05, 4.69) is 50.9 Å². The Morgan fingerprint density at radius 3 is 2.33 bits per heavy atom. The topological polar surface area (TPSA) is 84.9 Å². The number of amidine groups is 1. The largest absolute Gasteiger partial charge is 0.489 e. The van der Waals surface area contributed by atoms with Gasteiger partial charge in [-0.05, 0) is 51.6 Å². The van der Waals surface area contributed by atoms with Crippen molar-refractivity contribution in [2.45, 2.75) is 63.9 Å². The normalized spacial score (nSPS) is 18.0. The van der Waals surface area contributed by atoms with Gasteiger partial charge < -0.3 is 15.6 Å². The third-order valence-corrected chi connectivity index (χ3v) is 6.11. The van der Waals surface area contributed by atoms with Crippen LogP contribution in [0.4, 0.5) is 0 Å². The molecule has 0 fully saturated rings. The molecule has 3 N–H and O–H groups in total. The standard InChI is InChI=1S/C25H32N2O3/c1-24(2)15-25(3,4)21-12-16(6-11-20(21)24)14-30-18-9-7-17(8-10-18)19(13-22(28)29)23(26)27-5/h6-12,19H,13-15H2,1-5H3,(H2,26,27)(H,28,29). The van der Waals surface area contributed by atoms with Crippen molar-refractivity contribution >= 4 is 11.8 Å². The first-order valence-electron chi connectivity index (χ1n) is 10.3. The fourth-order valence-corrected chi connectivity index (χ4v) is 4.81. The lowest BCUT2D eigenvalue weighted by Crippen LogP contribution is -2.24. The molecule has 30 heavy (non-hydrogen) atoms. The molecule has 0 heterocycles. The Kier molecular flexibility index (Phi) is 5.93. The number of benzene rings is 2. The molecule has 1 unspecified atom stereocenters. The van der Waals surface area contributed by atoms with E-state index < -0.39 is 11.9 Å². The second kappa shape index (κ2) is 8.13. The van der Waals surface area contributed by atoms with Crippen molar-refractivity contribution < 1.29 is 14.6 Å². The summed E-state index contributed by atoms with van der Waals surface area (Å²) in [5.41, 5.74) is 11.1. The van der Waals surface area contributed by atoms with E-state index >= 15 is 0 Å². The van der Waals surface area contributed by atoms with Crippen molar-refractivity contribution in [3.05, 3.63) is 64.7 Å². The van der Waals surface area contributed by atoms with Gasteiger partial charge in [0.2, 0.25) is 0 Å². The lowest BCUT2D eigenvalue weighted by Gasteiger charge is -2.22. The number of rotatable bonds is 7. The van der Waals surface area contributed by atoms with Crippen LogP contribution in [-0.4, -0.2) is 24.0 Å². The molecule has 0 aromatic heterocycles. The number of carbonyl (C=O) groups is 1. The van der Waals surface area contributed by atoms with E-state index in [0.29, 0.717) is 12.4 Å². The minimum atomic E-state index is -0.908. The van der Waals surface area contributed by atoms with E-state index in [9.17, 15) is 4.79 Å². The molecule has 0 amide bonds. The fraction of sp³-hybridized carbons (Fsp3) is 0.440. The van der Waals surface area contributed by atoms with Gasteiger partial charge in [0.15, 0.2) is 0 Å². The van der Waals surface area contributed by atoms with Crippen LogP contribution in [0, 0.1) is 0 Å². The van der Waals surface area contributed by atoms with Crippen molar-refractivity contribution in [3.8, 4) is 5.75 Å². The van der Waals surface area contributed by atoms with Crippen LogP contribution < -0.4 is 10.5 Å². The molecule has 160 valence electrons. The second-order valence-electron chi connectivity index (χ2n) is 9.48. The molecule has 3 rings (SSSR count). The number of carboxylic acids is 1. The lowest BCUT2D eigenvalue weighted by molar-refractivity contribution is -0.137. The smallest absolute Gasteiger partial charge is 0.304 e. The molecular weight excluding hydrogens is 376 g/mol. The lowest BCUT2D eigenvalue weighted by atomic mass is 9.82. The highest BCUT2D eigenvalue weighted by molar-refractivity contribution is 5.90. The Bertz CT molecular complexity index is 959. The first kappa shape index (κ1) is 21.9. The molecule has 2 aromatic carbocycles. The molecule has 0 saturated carbocycles. The van der Waals surface area contributed by atoms with Gasteiger partial charge in [0.25, 0.3) is 0 Å². The van der Waals surface area contributed by atoms with Crippen molar-refractivity contribution in [1.82, 2.24) is 0 Å². The highest BCUT2D eigenvalue weighted by atomic mass is 16.5. The predicted octanol–water partition coefficient (Wildman–Crippen LogP) is 4.77. The summed E-state index contributed by atoms with van der Waals surface area (Å²) >= 11 is 0. The van der Waals surface area contributed by atoms with Gasteiger partial charge in [0.05, 0.1) is 12.3 Å². The monoisotopic (exact) mass is 408 g/mol. The van der Waals surface area contributed by atoms with Gasteiger partial charge in [-0.15, -0.1) is 0 Å². The first-order chi connectivity index (χ1) is 14.0. The molecule has 2 aromatic rings. The number of aliphatic carboxylic acids is 1. The van der Waals surface area contributed by atoms with Crippen molar-refractivity contribution in [2.24, 2.45) is 10.7 Å². The van der Waals surface area contributed by atoms with Gasteiger partial charge in [-0.2, -0.15) is 0 Å².